The van der Waals surface area contributed by atoms with E-state index in [1.807, 2.05) is 0 Å². The summed E-state index contributed by atoms with van der Waals surface area (Å²) in [5.74, 6) is -3.09. The Morgan fingerprint density at radius 2 is 1.44 bits per heavy atom. The minimum absolute atomic E-state index is 0.115. The first-order chi connectivity index (χ1) is 7.95. The Labute approximate surface area is 98.3 Å². The molecule has 18 heavy (non-hydrogen) atoms. The second kappa shape index (κ2) is 5.78. The predicted octanol–water partition coefficient (Wildman–Crippen LogP) is 2.19. The minimum atomic E-state index is -6.02. The van der Waals surface area contributed by atoms with Crippen molar-refractivity contribution in [2.75, 3.05) is 0 Å². The van der Waals surface area contributed by atoms with Crippen LogP contribution in [0.25, 0.3) is 0 Å². The lowest BCUT2D eigenvalue weighted by Gasteiger charge is -2.17. The van der Waals surface area contributed by atoms with E-state index in [0.29, 0.717) is 6.08 Å². The molecule has 0 saturated heterocycles. The molecule has 0 aliphatic carbocycles. The smallest absolute Gasteiger partial charge is 0.460 e. The number of esters is 2. The summed E-state index contributed by atoms with van der Waals surface area (Å²) < 4.78 is 66.6. The summed E-state index contributed by atoms with van der Waals surface area (Å²) in [6.45, 7) is 2.95. The highest BCUT2D eigenvalue weighted by Crippen LogP contribution is 2.36. The molecule has 4 nitrogen and oxygen atoms in total. The van der Waals surface area contributed by atoms with Gasteiger partial charge in [0, 0.05) is 12.2 Å². The van der Waals surface area contributed by atoms with Gasteiger partial charge >= 0.3 is 24.2 Å². The van der Waals surface area contributed by atoms with Gasteiger partial charge in [-0.25, -0.2) is 9.59 Å². The van der Waals surface area contributed by atoms with E-state index in [0.717, 1.165) is 0 Å². The van der Waals surface area contributed by atoms with E-state index in [4.69, 9.17) is 0 Å². The van der Waals surface area contributed by atoms with Crippen molar-refractivity contribution in [2.45, 2.75) is 32.2 Å². The van der Waals surface area contributed by atoms with Gasteiger partial charge in [-0.1, -0.05) is 0 Å². The lowest BCUT2D eigenvalue weighted by molar-refractivity contribution is -0.374. The summed E-state index contributed by atoms with van der Waals surface area (Å²) in [6.07, 6.45) is -11.7. The fourth-order valence-corrected chi connectivity index (χ4v) is 0.626. The molecule has 0 aromatic heterocycles. The molecule has 0 aliphatic heterocycles. The average molecular weight is 276 g/mol. The molecule has 0 fully saturated rings. The first-order valence-electron chi connectivity index (χ1n) is 4.52. The van der Waals surface area contributed by atoms with Crippen LogP contribution >= 0.6 is 0 Å². The van der Waals surface area contributed by atoms with Crippen molar-refractivity contribution in [3.05, 3.63) is 12.2 Å². The zero-order valence-corrected chi connectivity index (χ0v) is 9.25. The molecule has 0 aliphatic rings. The van der Waals surface area contributed by atoms with Crippen molar-refractivity contribution in [1.82, 2.24) is 0 Å². The molecule has 0 heterocycles. The van der Waals surface area contributed by atoms with Gasteiger partial charge in [-0.2, -0.15) is 22.0 Å². The van der Waals surface area contributed by atoms with Gasteiger partial charge in [0.05, 0.1) is 6.10 Å². The number of ether oxygens (including phenoxy) is 2. The number of halogens is 5. The molecule has 0 amide bonds. The van der Waals surface area contributed by atoms with Gasteiger partial charge in [-0.3, -0.25) is 0 Å². The average Bonchev–Trinajstić information content (AvgIpc) is 2.11. The summed E-state index contributed by atoms with van der Waals surface area (Å²) >= 11 is 0. The SMILES string of the molecule is CC(C)OC(=O)C=CC(=O)OC(F)(F)C(F)(F)F. The van der Waals surface area contributed by atoms with Gasteiger partial charge in [-0.15, -0.1) is 0 Å². The van der Waals surface area contributed by atoms with E-state index in [1.54, 1.807) is 0 Å². The third-order valence-electron chi connectivity index (χ3n) is 1.27. The molecule has 0 unspecified atom stereocenters. The van der Waals surface area contributed by atoms with Crippen LogP contribution in [0.3, 0.4) is 0 Å². The second-order valence-electron chi connectivity index (χ2n) is 3.25. The van der Waals surface area contributed by atoms with Crippen LogP contribution in [-0.4, -0.2) is 30.3 Å². The zero-order valence-electron chi connectivity index (χ0n) is 9.25. The van der Waals surface area contributed by atoms with Crippen molar-refractivity contribution in [3.8, 4) is 0 Å². The molecule has 0 bridgehead atoms. The van der Waals surface area contributed by atoms with E-state index >= 15 is 0 Å². The van der Waals surface area contributed by atoms with Gasteiger partial charge in [0.1, 0.15) is 0 Å². The Balaban J connectivity index is 4.45. The highest BCUT2D eigenvalue weighted by molar-refractivity contribution is 5.91. The normalized spacial score (nSPS) is 12.9. The molecule has 0 spiro atoms. The Hall–Kier alpha value is -1.67. The van der Waals surface area contributed by atoms with E-state index in [1.165, 1.54) is 13.8 Å². The van der Waals surface area contributed by atoms with E-state index in [9.17, 15) is 31.5 Å². The lowest BCUT2D eigenvalue weighted by atomic mass is 10.4. The molecule has 0 rings (SSSR count). The molecule has 0 aromatic carbocycles. The first kappa shape index (κ1) is 16.3. The molecule has 0 N–H and O–H groups in total. The summed E-state index contributed by atoms with van der Waals surface area (Å²) in [7, 11) is 0. The van der Waals surface area contributed by atoms with Crippen molar-refractivity contribution < 1.29 is 41.0 Å². The summed E-state index contributed by atoms with van der Waals surface area (Å²) in [5.41, 5.74) is 0. The number of rotatable bonds is 4. The number of hydrogen-bond donors (Lipinski definition) is 0. The zero-order chi connectivity index (χ0) is 14.6. The molecule has 0 atom stereocenters. The topological polar surface area (TPSA) is 52.6 Å². The maximum Gasteiger partial charge on any atom is 0.501 e. The summed E-state index contributed by atoms with van der Waals surface area (Å²) in [5, 5.41) is 0. The number of carbonyl (C=O) groups excluding carboxylic acids is 2. The molecular weight excluding hydrogens is 267 g/mol. The number of alkyl halides is 5. The fourth-order valence-electron chi connectivity index (χ4n) is 0.626. The van der Waals surface area contributed by atoms with Crippen molar-refractivity contribution in [1.29, 1.82) is 0 Å². The van der Waals surface area contributed by atoms with Crippen molar-refractivity contribution >= 4 is 11.9 Å². The van der Waals surface area contributed by atoms with Crippen LogP contribution in [0.15, 0.2) is 12.2 Å². The predicted molar refractivity (Wildman–Crippen MR) is 47.5 cm³/mol. The Morgan fingerprint density at radius 1 is 1.00 bits per heavy atom. The Kier molecular flexibility index (Phi) is 5.25. The van der Waals surface area contributed by atoms with Gasteiger partial charge in [-0.05, 0) is 13.8 Å². The first-order valence-corrected chi connectivity index (χ1v) is 4.52. The quantitative estimate of drug-likeness (QED) is 0.448. The third-order valence-corrected chi connectivity index (χ3v) is 1.27. The maximum atomic E-state index is 12.2. The summed E-state index contributed by atoms with van der Waals surface area (Å²) in [6, 6.07) is 0. The molecule has 104 valence electrons. The van der Waals surface area contributed by atoms with Crippen LogP contribution in [-0.2, 0) is 19.1 Å². The molecular formula is C9H9F5O4. The van der Waals surface area contributed by atoms with Crippen LogP contribution in [0, 0.1) is 0 Å². The van der Waals surface area contributed by atoms with Crippen LogP contribution < -0.4 is 0 Å². The van der Waals surface area contributed by atoms with E-state index in [-0.39, 0.29) is 6.08 Å². The Morgan fingerprint density at radius 3 is 1.83 bits per heavy atom. The van der Waals surface area contributed by atoms with Crippen LogP contribution in [0.1, 0.15) is 13.8 Å². The standard InChI is InChI=1S/C9H9F5O4/c1-5(2)17-6(15)3-4-7(16)18-9(13,14)8(10,11)12/h3-5H,1-2H3. The van der Waals surface area contributed by atoms with Gasteiger partial charge in [0.25, 0.3) is 0 Å². The molecule has 9 heteroatoms. The highest BCUT2D eigenvalue weighted by Gasteiger charge is 2.61. The van der Waals surface area contributed by atoms with E-state index < -0.39 is 30.3 Å². The molecule has 0 aromatic rings. The minimum Gasteiger partial charge on any atom is -0.460 e. The van der Waals surface area contributed by atoms with Crippen molar-refractivity contribution in [2.24, 2.45) is 0 Å². The Bertz CT molecular complexity index is 345. The fraction of sp³-hybridized carbons (Fsp3) is 0.556. The highest BCUT2D eigenvalue weighted by atomic mass is 19.4. The largest absolute Gasteiger partial charge is 0.501 e. The summed E-state index contributed by atoms with van der Waals surface area (Å²) in [4.78, 5) is 21.4. The number of hydrogen-bond acceptors (Lipinski definition) is 4. The van der Waals surface area contributed by atoms with Crippen molar-refractivity contribution in [3.63, 3.8) is 0 Å². The van der Waals surface area contributed by atoms with Gasteiger partial charge < -0.3 is 9.47 Å². The van der Waals surface area contributed by atoms with Crippen LogP contribution in [0.5, 0.6) is 0 Å². The third kappa shape index (κ3) is 5.60. The van der Waals surface area contributed by atoms with Crippen LogP contribution in [0.4, 0.5) is 22.0 Å². The number of carbonyl (C=O) groups is 2. The lowest BCUT2D eigenvalue weighted by Crippen LogP contribution is -2.40. The van der Waals surface area contributed by atoms with Gasteiger partial charge in [0.15, 0.2) is 0 Å². The molecule has 0 saturated carbocycles. The van der Waals surface area contributed by atoms with E-state index in [2.05, 4.69) is 9.47 Å². The monoisotopic (exact) mass is 276 g/mol. The van der Waals surface area contributed by atoms with Crippen LogP contribution in [0.2, 0.25) is 0 Å². The molecule has 0 radical (unpaired) electrons. The second-order valence-corrected chi connectivity index (χ2v) is 3.25. The van der Waals surface area contributed by atoms with Gasteiger partial charge in [0.2, 0.25) is 0 Å². The maximum absolute atomic E-state index is 12.2.